The Bertz CT molecular complexity index is 156. The van der Waals surface area contributed by atoms with Crippen molar-refractivity contribution >= 4 is 0 Å². The van der Waals surface area contributed by atoms with Crippen LogP contribution in [0.4, 0.5) is 0 Å². The normalized spacial score (nSPS) is 50.1. The van der Waals surface area contributed by atoms with E-state index in [1.54, 1.807) is 0 Å². The maximum Gasteiger partial charge on any atom is 0.0636 e. The quantitative estimate of drug-likeness (QED) is 0.412. The molecule has 0 N–H and O–H groups in total. The monoisotopic (exact) mass is 107 g/mol. The molecule has 0 spiro atoms. The third-order valence-electron chi connectivity index (χ3n) is 2.16. The van der Waals surface area contributed by atoms with Crippen LogP contribution in [0, 0.1) is 23.7 Å². The molecular weight excluding hydrogens is 100 g/mol. The highest BCUT2D eigenvalue weighted by atomic mass is 16.5. The third-order valence-corrected chi connectivity index (χ3v) is 2.16. The topological polar surface area (TPSA) is 9.23 Å². The van der Waals surface area contributed by atoms with Crippen LogP contribution in [0.15, 0.2) is 0 Å². The van der Waals surface area contributed by atoms with Gasteiger partial charge in [0.25, 0.3) is 0 Å². The molecule has 2 fully saturated rings. The Kier molecular flexibility index (Phi) is 0.598. The molecule has 2 rings (SSSR count). The number of hydrogen-bond donors (Lipinski definition) is 0. The van der Waals surface area contributed by atoms with E-state index in [9.17, 15) is 0 Å². The summed E-state index contributed by atoms with van der Waals surface area (Å²) in [6.45, 7) is 1.62. The van der Waals surface area contributed by atoms with Gasteiger partial charge in [-0.2, -0.15) is 0 Å². The van der Waals surface area contributed by atoms with E-state index in [-0.39, 0.29) is 5.41 Å². The molecule has 0 bridgehead atoms. The van der Waals surface area contributed by atoms with Crippen molar-refractivity contribution in [2.75, 3.05) is 13.2 Å². The second-order valence-electron chi connectivity index (χ2n) is 2.70. The van der Waals surface area contributed by atoms with Crippen LogP contribution in [0.3, 0.4) is 0 Å². The minimum atomic E-state index is 0.0972. The van der Waals surface area contributed by atoms with Gasteiger partial charge in [-0.05, 0) is 12.8 Å². The molecule has 1 radical (unpaired) electrons. The molecule has 0 aromatic carbocycles. The minimum Gasteiger partial charge on any atom is -0.380 e. The first-order valence-corrected chi connectivity index (χ1v) is 2.89. The Morgan fingerprint density at radius 3 is 2.88 bits per heavy atom. The van der Waals surface area contributed by atoms with Crippen molar-refractivity contribution in [3.8, 4) is 5.92 Å². The fourth-order valence-electron chi connectivity index (χ4n) is 1.35. The molecular formula is C7H7O. The van der Waals surface area contributed by atoms with Crippen LogP contribution in [0.5, 0.6) is 0 Å². The molecule has 0 aromatic rings. The highest BCUT2D eigenvalue weighted by Crippen LogP contribution is 2.56. The summed E-state index contributed by atoms with van der Waals surface area (Å²) >= 11 is 0. The molecule has 1 saturated carbocycles. The van der Waals surface area contributed by atoms with Crippen LogP contribution in [0.2, 0.25) is 0 Å². The fourth-order valence-corrected chi connectivity index (χ4v) is 1.35. The molecule has 0 aromatic heterocycles. The lowest BCUT2D eigenvalue weighted by molar-refractivity contribution is 0.157. The zero-order chi connectivity index (χ0) is 5.61. The van der Waals surface area contributed by atoms with Gasteiger partial charge in [-0.1, -0.05) is 5.92 Å². The summed E-state index contributed by atoms with van der Waals surface area (Å²) in [5, 5.41) is 0. The summed E-state index contributed by atoms with van der Waals surface area (Å²) in [7, 11) is 0. The van der Waals surface area contributed by atoms with Crippen molar-refractivity contribution in [3.05, 3.63) is 6.42 Å². The van der Waals surface area contributed by atoms with Crippen molar-refractivity contribution < 1.29 is 4.74 Å². The second-order valence-corrected chi connectivity index (χ2v) is 2.70. The molecule has 2 unspecified atom stereocenters. The third kappa shape index (κ3) is 0.329. The van der Waals surface area contributed by atoms with Crippen molar-refractivity contribution in [1.82, 2.24) is 0 Å². The molecule has 0 amide bonds. The summed E-state index contributed by atoms with van der Waals surface area (Å²) in [6.07, 6.45) is 8.06. The lowest BCUT2D eigenvalue weighted by Crippen LogP contribution is -1.99. The summed E-state index contributed by atoms with van der Waals surface area (Å²) in [5.74, 6) is 3.19. The smallest absolute Gasteiger partial charge is 0.0636 e. The van der Waals surface area contributed by atoms with E-state index < -0.39 is 0 Å². The van der Waals surface area contributed by atoms with Gasteiger partial charge in [-0.25, -0.2) is 0 Å². The first-order valence-electron chi connectivity index (χ1n) is 2.89. The Morgan fingerprint density at radius 1 is 1.75 bits per heavy atom. The predicted molar refractivity (Wildman–Crippen MR) is 28.5 cm³/mol. The van der Waals surface area contributed by atoms with E-state index in [0.29, 0.717) is 5.92 Å². The van der Waals surface area contributed by atoms with Gasteiger partial charge in [-0.15, -0.1) is 0 Å². The van der Waals surface area contributed by atoms with Crippen LogP contribution < -0.4 is 0 Å². The Hall–Kier alpha value is -0.480. The first-order chi connectivity index (χ1) is 3.87. The van der Waals surface area contributed by atoms with Crippen molar-refractivity contribution in [3.63, 3.8) is 0 Å². The first kappa shape index (κ1) is 4.40. The molecule has 2 atom stereocenters. The van der Waals surface area contributed by atoms with Crippen LogP contribution in [0.1, 0.15) is 6.42 Å². The Labute approximate surface area is 49.0 Å². The summed E-state index contributed by atoms with van der Waals surface area (Å²) < 4.78 is 5.12. The molecule has 1 aliphatic carbocycles. The lowest BCUT2D eigenvalue weighted by Gasteiger charge is -1.96. The average Bonchev–Trinajstić information content (AvgIpc) is 2.38. The van der Waals surface area contributed by atoms with E-state index in [1.165, 1.54) is 0 Å². The highest BCUT2D eigenvalue weighted by molar-refractivity contribution is 5.20. The van der Waals surface area contributed by atoms with Crippen molar-refractivity contribution in [2.45, 2.75) is 6.42 Å². The Balaban J connectivity index is 2.22. The van der Waals surface area contributed by atoms with E-state index in [2.05, 4.69) is 5.92 Å². The zero-order valence-electron chi connectivity index (χ0n) is 4.61. The zero-order valence-corrected chi connectivity index (χ0v) is 4.61. The molecule has 1 heteroatoms. The average molecular weight is 107 g/mol. The molecule has 1 saturated heterocycles. The highest BCUT2D eigenvalue weighted by Gasteiger charge is 2.57. The molecule has 41 valence electrons. The summed E-state index contributed by atoms with van der Waals surface area (Å²) in [4.78, 5) is 0. The summed E-state index contributed by atoms with van der Waals surface area (Å²) in [5.41, 5.74) is 0.0972. The number of ether oxygens (including phenoxy) is 1. The predicted octanol–water partition coefficient (Wildman–Crippen LogP) is 0.613. The molecule has 1 heterocycles. The van der Waals surface area contributed by atoms with Gasteiger partial charge >= 0.3 is 0 Å². The molecule has 1 aliphatic heterocycles. The van der Waals surface area contributed by atoms with Gasteiger partial charge < -0.3 is 4.74 Å². The van der Waals surface area contributed by atoms with Crippen molar-refractivity contribution in [2.24, 2.45) is 11.3 Å². The van der Waals surface area contributed by atoms with Crippen LogP contribution in [-0.4, -0.2) is 13.2 Å². The van der Waals surface area contributed by atoms with Crippen molar-refractivity contribution in [1.29, 1.82) is 0 Å². The maximum absolute atomic E-state index is 6.91. The fraction of sp³-hybridized carbons (Fsp3) is 0.714. The SMILES string of the molecule is [C]#CC12COCC1C2. The van der Waals surface area contributed by atoms with Gasteiger partial charge in [0.2, 0.25) is 0 Å². The van der Waals surface area contributed by atoms with Gasteiger partial charge in [-0.3, -0.25) is 0 Å². The Morgan fingerprint density at radius 2 is 2.62 bits per heavy atom. The lowest BCUT2D eigenvalue weighted by atomic mass is 10.1. The van der Waals surface area contributed by atoms with Gasteiger partial charge in [0.1, 0.15) is 0 Å². The van der Waals surface area contributed by atoms with Gasteiger partial charge in [0, 0.05) is 5.92 Å². The van der Waals surface area contributed by atoms with Crippen LogP contribution in [0.25, 0.3) is 0 Å². The maximum atomic E-state index is 6.91. The van der Waals surface area contributed by atoms with E-state index >= 15 is 0 Å². The van der Waals surface area contributed by atoms with Gasteiger partial charge in [0.15, 0.2) is 0 Å². The second kappa shape index (κ2) is 1.09. The van der Waals surface area contributed by atoms with E-state index in [0.717, 1.165) is 19.6 Å². The molecule has 8 heavy (non-hydrogen) atoms. The number of rotatable bonds is 0. The summed E-state index contributed by atoms with van der Waals surface area (Å²) in [6, 6.07) is 0. The largest absolute Gasteiger partial charge is 0.380 e. The van der Waals surface area contributed by atoms with E-state index in [4.69, 9.17) is 11.2 Å². The minimum absolute atomic E-state index is 0.0972. The number of hydrogen-bond acceptors (Lipinski definition) is 1. The molecule has 2 aliphatic rings. The van der Waals surface area contributed by atoms with Crippen LogP contribution >= 0.6 is 0 Å². The van der Waals surface area contributed by atoms with Crippen LogP contribution in [-0.2, 0) is 4.74 Å². The van der Waals surface area contributed by atoms with Gasteiger partial charge in [0.05, 0.1) is 18.6 Å². The van der Waals surface area contributed by atoms with E-state index in [1.807, 2.05) is 0 Å². The standard InChI is InChI=1S/C7H7O/c1-2-7-3-6(7)4-8-5-7/h6H,3-5H2. The molecule has 1 nitrogen and oxygen atoms in total. The number of fused-ring (bicyclic) bond motifs is 1.